The predicted molar refractivity (Wildman–Crippen MR) is 146 cm³/mol. The summed E-state index contributed by atoms with van der Waals surface area (Å²) < 4.78 is 0. The van der Waals surface area contributed by atoms with Gasteiger partial charge >= 0.3 is 43.1 Å². The van der Waals surface area contributed by atoms with Crippen LogP contribution in [0.15, 0.2) is 109 Å². The summed E-state index contributed by atoms with van der Waals surface area (Å²) in [4.78, 5) is 0. The smallest absolute Gasteiger partial charge is 1.00 e. The number of rotatable bonds is 2. The molecule has 0 unspecified atom stereocenters. The van der Waals surface area contributed by atoms with Gasteiger partial charge < -0.3 is 24.8 Å². The third-order valence-electron chi connectivity index (χ3n) is 5.51. The summed E-state index contributed by atoms with van der Waals surface area (Å²) in [6, 6.07) is 30.0. The van der Waals surface area contributed by atoms with Crippen LogP contribution in [0.1, 0.15) is 24.0 Å². The van der Waals surface area contributed by atoms with Crippen LogP contribution < -0.4 is 24.8 Å². The van der Waals surface area contributed by atoms with Gasteiger partial charge in [-0.05, 0) is 21.5 Å². The van der Waals surface area contributed by atoms with Crippen molar-refractivity contribution in [2.24, 2.45) is 0 Å². The van der Waals surface area contributed by atoms with Crippen molar-refractivity contribution < 1.29 is 46.4 Å². The Bertz CT molecular complexity index is 1340. The molecule has 0 N–H and O–H groups in total. The molecule has 0 saturated heterocycles. The number of halogens is 2. The Hall–Kier alpha value is -1.63. The summed E-state index contributed by atoms with van der Waals surface area (Å²) >= 11 is 1.80. The van der Waals surface area contributed by atoms with Crippen LogP contribution in [0.25, 0.3) is 32.7 Å². The van der Waals surface area contributed by atoms with Crippen molar-refractivity contribution in [1.29, 1.82) is 0 Å². The van der Waals surface area contributed by atoms with Crippen molar-refractivity contribution in [1.82, 2.24) is 0 Å². The van der Waals surface area contributed by atoms with Crippen molar-refractivity contribution in [3.63, 3.8) is 0 Å². The van der Waals surface area contributed by atoms with Crippen LogP contribution in [0.2, 0.25) is 11.5 Å². The van der Waals surface area contributed by atoms with Gasteiger partial charge in [-0.1, -0.05) is 73.5 Å². The molecule has 0 bridgehead atoms. The molecule has 2 aliphatic rings. The standard InChI is InChI=1S/2C15H11.C2H6Ge.2ClH.Zr/c2*1-2-6-12(5-1)15-10-9-13-7-3-4-8-14(13)11-15;1-3-2;;;/h2*1,3-5,7-11H,2H2;1-2H3;2*1H;/q2*-1;;;;+2/p-2. The Morgan fingerprint density at radius 2 is 0.944 bits per heavy atom. The van der Waals surface area contributed by atoms with Gasteiger partial charge in [0.05, 0.1) is 0 Å². The van der Waals surface area contributed by atoms with E-state index in [0.717, 1.165) is 12.8 Å². The van der Waals surface area contributed by atoms with Crippen LogP contribution in [0.3, 0.4) is 0 Å². The minimum Gasteiger partial charge on any atom is -1.00 e. The average Bonchev–Trinajstić information content (AvgIpc) is 3.58. The van der Waals surface area contributed by atoms with E-state index in [1.807, 2.05) is 0 Å². The minimum atomic E-state index is -0.243. The van der Waals surface area contributed by atoms with Gasteiger partial charge in [-0.15, -0.1) is 47.5 Å². The first-order chi connectivity index (χ1) is 16.6. The van der Waals surface area contributed by atoms with E-state index >= 15 is 0 Å². The van der Waals surface area contributed by atoms with Gasteiger partial charge in [-0.3, -0.25) is 0 Å². The number of fused-ring (bicyclic) bond motifs is 2. The molecule has 0 saturated carbocycles. The van der Waals surface area contributed by atoms with Crippen molar-refractivity contribution in [3.05, 3.63) is 133 Å². The van der Waals surface area contributed by atoms with Gasteiger partial charge in [0.2, 0.25) is 0 Å². The molecule has 180 valence electrons. The maximum absolute atomic E-state index is 3.34. The number of hydrogen-bond donors (Lipinski definition) is 0. The maximum Gasteiger partial charge on any atom is -1.00 e. The van der Waals surface area contributed by atoms with Crippen LogP contribution in [0, 0.1) is 12.2 Å². The first-order valence-electron chi connectivity index (χ1n) is 11.6. The molecule has 0 aliphatic heterocycles. The fraction of sp³-hybridized carbons (Fsp3) is 0.125. The van der Waals surface area contributed by atoms with Gasteiger partial charge in [0.25, 0.3) is 0 Å². The summed E-state index contributed by atoms with van der Waals surface area (Å²) in [5.41, 5.74) is 4.98. The number of hydrogen-bond acceptors (Lipinski definition) is 0. The first-order valence-corrected chi connectivity index (χ1v) is 23.3. The molecular formula is C32H28Cl2GeZr-2. The largest absolute Gasteiger partial charge is 1.00 e. The van der Waals surface area contributed by atoms with Gasteiger partial charge in [-0.2, -0.15) is 35.5 Å². The van der Waals surface area contributed by atoms with E-state index in [9.17, 15) is 0 Å². The van der Waals surface area contributed by atoms with E-state index < -0.39 is 0 Å². The second-order valence-electron chi connectivity index (χ2n) is 8.52. The fourth-order valence-electron chi connectivity index (χ4n) is 3.92. The molecule has 4 aromatic rings. The quantitative estimate of drug-likeness (QED) is 0.232. The van der Waals surface area contributed by atoms with Crippen molar-refractivity contribution in [2.75, 3.05) is 0 Å². The molecule has 4 aromatic carbocycles. The minimum absolute atomic E-state index is 0. The maximum atomic E-state index is 3.34. The molecule has 4 heteroatoms. The topological polar surface area (TPSA) is 0 Å². The Morgan fingerprint density at radius 3 is 1.28 bits per heavy atom. The monoisotopic (exact) mass is 646 g/mol. The summed E-state index contributed by atoms with van der Waals surface area (Å²) in [6.45, 7) is 0. The molecule has 36 heavy (non-hydrogen) atoms. The van der Waals surface area contributed by atoms with Crippen LogP contribution in [-0.2, 0) is 21.6 Å². The SMILES string of the molecule is [C-]1=C(c2ccc3ccccc3c2)C=CC1.[C-]1=C(c2ccc3ccccc3c2)C=CC1.[CH3][Ge]([CH3])=[Zr+2].[Cl-].[Cl-]. The van der Waals surface area contributed by atoms with Gasteiger partial charge in [0.15, 0.2) is 0 Å². The molecule has 0 amide bonds. The molecule has 0 radical (unpaired) electrons. The summed E-state index contributed by atoms with van der Waals surface area (Å²) in [5.74, 6) is 4.75. The molecule has 0 fully saturated rings. The van der Waals surface area contributed by atoms with Crippen molar-refractivity contribution in [3.8, 4) is 0 Å². The van der Waals surface area contributed by atoms with E-state index in [2.05, 4.69) is 133 Å². The number of allylic oxidation sites excluding steroid dienone is 8. The van der Waals surface area contributed by atoms with E-state index in [1.165, 1.54) is 43.8 Å². The predicted octanol–water partition coefficient (Wildman–Crippen LogP) is 2.76. The zero-order valence-electron chi connectivity index (χ0n) is 20.6. The van der Waals surface area contributed by atoms with Gasteiger partial charge in [0, 0.05) is 0 Å². The molecule has 0 heterocycles. The molecule has 0 nitrogen and oxygen atoms in total. The van der Waals surface area contributed by atoms with E-state index in [-0.39, 0.29) is 34.8 Å². The fourth-order valence-corrected chi connectivity index (χ4v) is 3.92. The Morgan fingerprint density at radius 1 is 0.583 bits per heavy atom. The van der Waals surface area contributed by atoms with Crippen molar-refractivity contribution in [2.45, 2.75) is 24.4 Å². The molecule has 0 aromatic heterocycles. The molecule has 6 rings (SSSR count). The Balaban J connectivity index is 0.000000211. The average molecular weight is 647 g/mol. The summed E-state index contributed by atoms with van der Waals surface area (Å²) in [7, 11) is -0.243. The number of benzene rings is 4. The van der Waals surface area contributed by atoms with E-state index in [1.54, 1.807) is 21.6 Å². The second-order valence-corrected chi connectivity index (χ2v) is 25.5. The second kappa shape index (κ2) is 15.6. The van der Waals surface area contributed by atoms with E-state index in [4.69, 9.17) is 0 Å². The zero-order valence-corrected chi connectivity index (χ0v) is 26.6. The molecule has 0 atom stereocenters. The molecule has 2 aliphatic carbocycles. The first kappa shape index (κ1) is 30.6. The van der Waals surface area contributed by atoms with Crippen LogP contribution in [0.4, 0.5) is 0 Å². The Labute approximate surface area is 244 Å². The van der Waals surface area contributed by atoms with Crippen LogP contribution >= 0.6 is 0 Å². The summed E-state index contributed by atoms with van der Waals surface area (Å²) in [6.07, 6.45) is 17.2. The van der Waals surface area contributed by atoms with E-state index in [0.29, 0.717) is 0 Å². The van der Waals surface area contributed by atoms with Gasteiger partial charge in [0.1, 0.15) is 0 Å². The molecule has 0 spiro atoms. The van der Waals surface area contributed by atoms with Crippen LogP contribution in [-0.4, -0.2) is 9.98 Å². The third-order valence-corrected chi connectivity index (χ3v) is 5.51. The van der Waals surface area contributed by atoms with Gasteiger partial charge in [-0.25, -0.2) is 0 Å². The Kier molecular flexibility index (Phi) is 13.2. The third kappa shape index (κ3) is 8.74. The summed E-state index contributed by atoms with van der Waals surface area (Å²) in [5, 5.41) is 5.18. The van der Waals surface area contributed by atoms with Crippen molar-refractivity contribution >= 4 is 42.7 Å². The van der Waals surface area contributed by atoms with Crippen LogP contribution in [0.5, 0.6) is 0 Å². The zero-order chi connectivity index (χ0) is 23.8. The molecular weight excluding hydrogens is 619 g/mol. The normalized spacial score (nSPS) is 12.9.